The first kappa shape index (κ1) is 14.8. The van der Waals surface area contributed by atoms with Crippen molar-refractivity contribution in [2.45, 2.75) is 0 Å². The molecule has 0 aromatic heterocycles. The van der Waals surface area contributed by atoms with Gasteiger partial charge in [-0.05, 0) is 35.9 Å². The lowest BCUT2D eigenvalue weighted by Gasteiger charge is -2.03. The minimum absolute atomic E-state index is 0.223. The summed E-state index contributed by atoms with van der Waals surface area (Å²) in [4.78, 5) is 16.5. The zero-order valence-corrected chi connectivity index (χ0v) is 12.9. The van der Waals surface area contributed by atoms with Crippen LogP contribution in [0.2, 0.25) is 0 Å². The smallest absolute Gasteiger partial charge is 0.275 e. The number of benzene rings is 2. The maximum Gasteiger partial charge on any atom is 0.275 e. The zero-order chi connectivity index (χ0) is 16.2. The molecule has 0 radical (unpaired) electrons. The number of ether oxygens (including phenoxy) is 2. The van der Waals surface area contributed by atoms with E-state index in [9.17, 15) is 4.79 Å². The Hall–Kier alpha value is -3.08. The number of hydrogen-bond donors (Lipinski definition) is 1. The Balaban J connectivity index is 1.89. The highest BCUT2D eigenvalue weighted by Crippen LogP contribution is 2.19. The van der Waals surface area contributed by atoms with E-state index in [1.807, 2.05) is 48.5 Å². The molecule has 5 heteroatoms. The second-order valence-electron chi connectivity index (χ2n) is 4.95. The quantitative estimate of drug-likeness (QED) is 0.883. The third kappa shape index (κ3) is 3.23. The molecular formula is C18H16N2O3. The van der Waals surface area contributed by atoms with Gasteiger partial charge in [0.2, 0.25) is 0 Å². The van der Waals surface area contributed by atoms with Crippen LogP contribution >= 0.6 is 0 Å². The average Bonchev–Trinajstić information content (AvgIpc) is 2.96. The summed E-state index contributed by atoms with van der Waals surface area (Å²) in [7, 11) is 3.21. The molecule has 0 fully saturated rings. The number of nitrogens with zero attached hydrogens (tertiary/aromatic N) is 1. The molecule has 1 heterocycles. The van der Waals surface area contributed by atoms with Gasteiger partial charge in [0.25, 0.3) is 5.91 Å². The first-order valence-corrected chi connectivity index (χ1v) is 7.10. The Bertz CT molecular complexity index is 792. The van der Waals surface area contributed by atoms with Crippen LogP contribution in [0.4, 0.5) is 0 Å². The van der Waals surface area contributed by atoms with Gasteiger partial charge in [0, 0.05) is 5.56 Å². The topological polar surface area (TPSA) is 59.9 Å². The van der Waals surface area contributed by atoms with Crippen LogP contribution in [-0.4, -0.2) is 26.0 Å². The monoisotopic (exact) mass is 308 g/mol. The summed E-state index contributed by atoms with van der Waals surface area (Å²) < 4.78 is 10.3. The van der Waals surface area contributed by atoms with Crippen molar-refractivity contribution in [1.29, 1.82) is 0 Å². The van der Waals surface area contributed by atoms with E-state index in [1.54, 1.807) is 20.3 Å². The molecule has 2 aromatic rings. The number of amides is 1. The fraction of sp³-hybridized carbons (Fsp3) is 0.111. The highest BCUT2D eigenvalue weighted by atomic mass is 16.5. The molecule has 0 bridgehead atoms. The van der Waals surface area contributed by atoms with Crippen molar-refractivity contribution in [2.75, 3.05) is 14.2 Å². The van der Waals surface area contributed by atoms with E-state index in [4.69, 9.17) is 9.47 Å². The maximum absolute atomic E-state index is 12.1. The zero-order valence-electron chi connectivity index (χ0n) is 12.9. The molecule has 3 rings (SSSR count). The molecule has 2 aromatic carbocycles. The lowest BCUT2D eigenvalue weighted by atomic mass is 10.2. The minimum atomic E-state index is -0.223. The average molecular weight is 308 g/mol. The summed E-state index contributed by atoms with van der Waals surface area (Å²) in [5.41, 5.74) is 2.05. The number of hydrogen-bond acceptors (Lipinski definition) is 4. The van der Waals surface area contributed by atoms with Crippen molar-refractivity contribution >= 4 is 17.8 Å². The van der Waals surface area contributed by atoms with E-state index in [2.05, 4.69) is 10.3 Å². The van der Waals surface area contributed by atoms with Crippen molar-refractivity contribution in [1.82, 2.24) is 5.32 Å². The van der Waals surface area contributed by atoms with Gasteiger partial charge in [0.15, 0.2) is 0 Å². The minimum Gasteiger partial charge on any atom is -0.497 e. The summed E-state index contributed by atoms with van der Waals surface area (Å²) in [6, 6.07) is 14.8. The normalized spacial score (nSPS) is 15.3. The van der Waals surface area contributed by atoms with Crippen LogP contribution in [0.1, 0.15) is 11.1 Å². The predicted molar refractivity (Wildman–Crippen MR) is 88.6 cm³/mol. The lowest BCUT2D eigenvalue weighted by molar-refractivity contribution is -0.115. The molecule has 23 heavy (non-hydrogen) atoms. The number of amidine groups is 1. The summed E-state index contributed by atoms with van der Waals surface area (Å²) in [5, 5.41) is 2.78. The van der Waals surface area contributed by atoms with Crippen molar-refractivity contribution < 1.29 is 14.3 Å². The predicted octanol–water partition coefficient (Wildman–Crippen LogP) is 2.62. The molecule has 0 aliphatic carbocycles. The third-order valence-corrected chi connectivity index (χ3v) is 3.46. The van der Waals surface area contributed by atoms with Gasteiger partial charge in [-0.3, -0.25) is 4.79 Å². The number of carbonyl (C=O) groups is 1. The number of nitrogens with one attached hydrogen (secondary N) is 1. The van der Waals surface area contributed by atoms with E-state index in [1.165, 1.54) is 0 Å². The van der Waals surface area contributed by atoms with Gasteiger partial charge in [0.1, 0.15) is 23.0 Å². The van der Waals surface area contributed by atoms with Crippen LogP contribution in [-0.2, 0) is 4.79 Å². The van der Waals surface area contributed by atoms with Crippen LogP contribution in [0, 0.1) is 0 Å². The highest BCUT2D eigenvalue weighted by Gasteiger charge is 2.21. The summed E-state index contributed by atoms with van der Waals surface area (Å²) in [6.07, 6.45) is 1.74. The Kier molecular flexibility index (Phi) is 4.10. The van der Waals surface area contributed by atoms with Gasteiger partial charge in [-0.25, -0.2) is 4.99 Å². The van der Waals surface area contributed by atoms with Gasteiger partial charge in [-0.1, -0.05) is 24.3 Å². The van der Waals surface area contributed by atoms with Crippen LogP contribution in [0.3, 0.4) is 0 Å². The molecule has 116 valence electrons. The van der Waals surface area contributed by atoms with Crippen LogP contribution < -0.4 is 14.8 Å². The number of carbonyl (C=O) groups excluding carboxylic acids is 1. The molecule has 1 amide bonds. The molecule has 1 aliphatic heterocycles. The van der Waals surface area contributed by atoms with Crippen LogP contribution in [0.5, 0.6) is 11.5 Å². The fourth-order valence-electron chi connectivity index (χ4n) is 2.23. The fourth-order valence-corrected chi connectivity index (χ4v) is 2.23. The van der Waals surface area contributed by atoms with Gasteiger partial charge < -0.3 is 14.8 Å². The largest absolute Gasteiger partial charge is 0.497 e. The Labute approximate surface area is 134 Å². The molecule has 0 spiro atoms. The van der Waals surface area contributed by atoms with Crippen molar-refractivity contribution in [2.24, 2.45) is 4.99 Å². The Morgan fingerprint density at radius 1 is 1.00 bits per heavy atom. The van der Waals surface area contributed by atoms with E-state index in [0.29, 0.717) is 17.3 Å². The molecular weight excluding hydrogens is 292 g/mol. The van der Waals surface area contributed by atoms with E-state index in [0.717, 1.165) is 16.9 Å². The molecule has 0 saturated heterocycles. The van der Waals surface area contributed by atoms with Gasteiger partial charge in [-0.15, -0.1) is 0 Å². The molecule has 1 aliphatic rings. The summed E-state index contributed by atoms with van der Waals surface area (Å²) in [5.74, 6) is 1.78. The summed E-state index contributed by atoms with van der Waals surface area (Å²) in [6.45, 7) is 0. The number of rotatable bonds is 4. The van der Waals surface area contributed by atoms with Crippen molar-refractivity contribution in [3.05, 3.63) is 65.4 Å². The molecule has 0 unspecified atom stereocenters. The third-order valence-electron chi connectivity index (χ3n) is 3.46. The standard InChI is InChI=1S/C18H16N2O3/c1-22-14-8-6-12(7-9-14)10-16-18(21)20-17(19-16)13-4-3-5-15(11-13)23-2/h3-11H,1-2H3,(H,19,20,21)/b16-10+. The second-order valence-corrected chi connectivity index (χ2v) is 4.95. The van der Waals surface area contributed by atoms with E-state index in [-0.39, 0.29) is 5.91 Å². The van der Waals surface area contributed by atoms with Gasteiger partial charge >= 0.3 is 0 Å². The van der Waals surface area contributed by atoms with Crippen molar-refractivity contribution in [3.8, 4) is 11.5 Å². The SMILES string of the molecule is COc1ccc(/C=C2/N=C(c3cccc(OC)c3)NC2=O)cc1. The van der Waals surface area contributed by atoms with Crippen molar-refractivity contribution in [3.63, 3.8) is 0 Å². The first-order valence-electron chi connectivity index (χ1n) is 7.10. The van der Waals surface area contributed by atoms with E-state index < -0.39 is 0 Å². The Morgan fingerprint density at radius 2 is 1.74 bits per heavy atom. The molecule has 0 atom stereocenters. The lowest BCUT2D eigenvalue weighted by Crippen LogP contribution is -2.24. The molecule has 5 nitrogen and oxygen atoms in total. The maximum atomic E-state index is 12.1. The summed E-state index contributed by atoms with van der Waals surface area (Å²) >= 11 is 0. The Morgan fingerprint density at radius 3 is 2.43 bits per heavy atom. The van der Waals surface area contributed by atoms with Crippen LogP contribution in [0.25, 0.3) is 6.08 Å². The second kappa shape index (κ2) is 6.36. The molecule has 0 saturated carbocycles. The van der Waals surface area contributed by atoms with E-state index >= 15 is 0 Å². The van der Waals surface area contributed by atoms with Gasteiger partial charge in [-0.2, -0.15) is 0 Å². The highest BCUT2D eigenvalue weighted by molar-refractivity contribution is 6.19. The number of aliphatic imine (C=N–C) groups is 1. The van der Waals surface area contributed by atoms with Gasteiger partial charge in [0.05, 0.1) is 14.2 Å². The first-order chi connectivity index (χ1) is 11.2. The van der Waals surface area contributed by atoms with Crippen LogP contribution in [0.15, 0.2) is 59.2 Å². The number of methoxy groups -OCH3 is 2. The molecule has 1 N–H and O–H groups in total.